The molecule has 1 N–H and O–H groups in total. The second kappa shape index (κ2) is 7.18. The van der Waals surface area contributed by atoms with Crippen LogP contribution in [-0.2, 0) is 0 Å². The summed E-state index contributed by atoms with van der Waals surface area (Å²) >= 11 is 0. The molecule has 1 atom stereocenters. The van der Waals surface area contributed by atoms with E-state index < -0.39 is 0 Å². The molecule has 1 nitrogen and oxygen atoms in total. The molecule has 0 radical (unpaired) electrons. The molecule has 0 amide bonds. The van der Waals surface area contributed by atoms with E-state index in [0.717, 1.165) is 17.9 Å². The van der Waals surface area contributed by atoms with Crippen molar-refractivity contribution in [2.75, 3.05) is 0 Å². The third-order valence-corrected chi connectivity index (χ3v) is 3.51. The number of rotatable bonds is 7. The smallest absolute Gasteiger partial charge is 0.115 e. The maximum absolute atomic E-state index is 9.26. The van der Waals surface area contributed by atoms with Gasteiger partial charge in [0.05, 0.1) is 0 Å². The summed E-state index contributed by atoms with van der Waals surface area (Å²) in [4.78, 5) is 0. The van der Waals surface area contributed by atoms with Gasteiger partial charge in [-0.1, -0.05) is 64.0 Å². The molecule has 104 valence electrons. The van der Waals surface area contributed by atoms with Crippen molar-refractivity contribution in [3.05, 3.63) is 48.6 Å². The molecular weight excluding hydrogens is 232 g/mol. The largest absolute Gasteiger partial charge is 0.508 e. The molecule has 19 heavy (non-hydrogen) atoms. The Bertz CT molecular complexity index is 414. The van der Waals surface area contributed by atoms with Gasteiger partial charge in [0.25, 0.3) is 0 Å². The van der Waals surface area contributed by atoms with Gasteiger partial charge >= 0.3 is 0 Å². The van der Waals surface area contributed by atoms with Crippen molar-refractivity contribution in [1.29, 1.82) is 0 Å². The van der Waals surface area contributed by atoms with E-state index in [4.69, 9.17) is 0 Å². The van der Waals surface area contributed by atoms with Crippen molar-refractivity contribution in [3.63, 3.8) is 0 Å². The van der Waals surface area contributed by atoms with Gasteiger partial charge in [-0.05, 0) is 30.0 Å². The number of allylic oxidation sites excluding steroid dienone is 2. The predicted molar refractivity (Wildman–Crippen MR) is 84.1 cm³/mol. The number of benzene rings is 1. The first-order valence-electron chi connectivity index (χ1n) is 7.07. The lowest BCUT2D eigenvalue weighted by Crippen LogP contribution is -2.09. The van der Waals surface area contributed by atoms with Crippen LogP contribution in [0, 0.1) is 11.3 Å². The first-order valence-corrected chi connectivity index (χ1v) is 7.07. The van der Waals surface area contributed by atoms with Gasteiger partial charge in [-0.3, -0.25) is 0 Å². The highest BCUT2D eigenvalue weighted by atomic mass is 16.3. The summed E-state index contributed by atoms with van der Waals surface area (Å²) in [7, 11) is 0. The summed E-state index contributed by atoms with van der Waals surface area (Å²) in [6.45, 7) is 10.7. The standard InChI is InChI=1S/C18H26O/c1-5-18(4,13-6-7-15(2)3)14-12-16-8-10-17(19)11-9-16/h5,8-12,14-15,19H,1,6-7,13H2,2-4H3/t18-/m1/s1. The van der Waals surface area contributed by atoms with E-state index in [2.05, 4.69) is 39.5 Å². The minimum atomic E-state index is 0.0484. The highest BCUT2D eigenvalue weighted by molar-refractivity contribution is 5.51. The molecule has 0 saturated heterocycles. The second-order valence-corrected chi connectivity index (χ2v) is 5.92. The van der Waals surface area contributed by atoms with E-state index in [0.29, 0.717) is 5.75 Å². The van der Waals surface area contributed by atoms with Crippen LogP contribution in [0.1, 0.15) is 45.6 Å². The highest BCUT2D eigenvalue weighted by Crippen LogP contribution is 2.29. The molecule has 0 saturated carbocycles. The normalized spacial score (nSPS) is 14.7. The molecule has 1 rings (SSSR count). The number of hydrogen-bond donors (Lipinski definition) is 1. The maximum atomic E-state index is 9.26. The van der Waals surface area contributed by atoms with Crippen LogP contribution in [0.25, 0.3) is 6.08 Å². The van der Waals surface area contributed by atoms with E-state index in [-0.39, 0.29) is 5.41 Å². The molecule has 1 heteroatoms. The van der Waals surface area contributed by atoms with Crippen LogP contribution in [0.3, 0.4) is 0 Å². The molecule has 1 aromatic carbocycles. The van der Waals surface area contributed by atoms with Gasteiger partial charge in [0.1, 0.15) is 5.75 Å². The molecule has 0 aliphatic rings. The zero-order valence-corrected chi connectivity index (χ0v) is 12.4. The van der Waals surface area contributed by atoms with Crippen molar-refractivity contribution >= 4 is 6.08 Å². The van der Waals surface area contributed by atoms with E-state index in [9.17, 15) is 5.11 Å². The Labute approximate surface area is 117 Å². The van der Waals surface area contributed by atoms with Crippen LogP contribution >= 0.6 is 0 Å². The zero-order valence-electron chi connectivity index (χ0n) is 12.4. The summed E-state index contributed by atoms with van der Waals surface area (Å²) in [5.74, 6) is 1.07. The second-order valence-electron chi connectivity index (χ2n) is 5.92. The first-order chi connectivity index (χ1) is 8.95. The number of phenolic OH excluding ortho intramolecular Hbond substituents is 1. The van der Waals surface area contributed by atoms with Gasteiger partial charge in [-0.15, -0.1) is 6.58 Å². The van der Waals surface area contributed by atoms with Crippen LogP contribution in [0.15, 0.2) is 43.0 Å². The molecule has 0 aromatic heterocycles. The molecule has 0 unspecified atom stereocenters. The number of hydrogen-bond acceptors (Lipinski definition) is 1. The lowest BCUT2D eigenvalue weighted by Gasteiger charge is -2.22. The van der Waals surface area contributed by atoms with E-state index in [1.54, 1.807) is 12.1 Å². The molecular formula is C18H26O. The van der Waals surface area contributed by atoms with Crippen LogP contribution < -0.4 is 0 Å². The molecule has 0 spiro atoms. The van der Waals surface area contributed by atoms with Gasteiger partial charge in [-0.25, -0.2) is 0 Å². The third kappa shape index (κ3) is 5.78. The van der Waals surface area contributed by atoms with Gasteiger partial charge in [-0.2, -0.15) is 0 Å². The minimum absolute atomic E-state index is 0.0484. The highest BCUT2D eigenvalue weighted by Gasteiger charge is 2.15. The van der Waals surface area contributed by atoms with Crippen LogP contribution in [-0.4, -0.2) is 5.11 Å². The van der Waals surface area contributed by atoms with Crippen LogP contribution in [0.4, 0.5) is 0 Å². The Balaban J connectivity index is 2.63. The lowest BCUT2D eigenvalue weighted by molar-refractivity contribution is 0.436. The Morgan fingerprint density at radius 1 is 1.26 bits per heavy atom. The Morgan fingerprint density at radius 3 is 2.42 bits per heavy atom. The lowest BCUT2D eigenvalue weighted by atomic mass is 9.83. The van der Waals surface area contributed by atoms with E-state index >= 15 is 0 Å². The van der Waals surface area contributed by atoms with Crippen LogP contribution in [0.5, 0.6) is 5.75 Å². The fraction of sp³-hybridized carbons (Fsp3) is 0.444. The first kappa shape index (κ1) is 15.6. The molecule has 1 aromatic rings. The zero-order chi connectivity index (χ0) is 14.3. The Morgan fingerprint density at radius 2 is 1.89 bits per heavy atom. The average Bonchev–Trinajstić information content (AvgIpc) is 2.38. The monoisotopic (exact) mass is 258 g/mol. The average molecular weight is 258 g/mol. The summed E-state index contributed by atoms with van der Waals surface area (Å²) < 4.78 is 0. The molecule has 0 heterocycles. The third-order valence-electron chi connectivity index (χ3n) is 3.51. The van der Waals surface area contributed by atoms with Gasteiger partial charge in [0, 0.05) is 5.41 Å². The fourth-order valence-electron chi connectivity index (χ4n) is 2.02. The number of phenols is 1. The predicted octanol–water partition coefficient (Wildman–Crippen LogP) is 5.42. The van der Waals surface area contributed by atoms with Gasteiger partial charge in [0.15, 0.2) is 0 Å². The summed E-state index contributed by atoms with van der Waals surface area (Å²) in [6.07, 6.45) is 9.97. The van der Waals surface area contributed by atoms with Crippen molar-refractivity contribution in [2.24, 2.45) is 11.3 Å². The number of aromatic hydroxyl groups is 1. The minimum Gasteiger partial charge on any atom is -0.508 e. The maximum Gasteiger partial charge on any atom is 0.115 e. The topological polar surface area (TPSA) is 20.2 Å². The Kier molecular flexibility index (Phi) is 5.88. The van der Waals surface area contributed by atoms with E-state index in [1.165, 1.54) is 12.8 Å². The quantitative estimate of drug-likeness (QED) is 0.647. The molecule has 0 aliphatic carbocycles. The summed E-state index contributed by atoms with van der Waals surface area (Å²) in [5.41, 5.74) is 1.15. The van der Waals surface area contributed by atoms with Gasteiger partial charge < -0.3 is 5.11 Å². The van der Waals surface area contributed by atoms with Crippen molar-refractivity contribution in [3.8, 4) is 5.75 Å². The summed E-state index contributed by atoms with van der Waals surface area (Å²) in [5, 5.41) is 9.26. The van der Waals surface area contributed by atoms with Crippen LogP contribution in [0.2, 0.25) is 0 Å². The molecule has 0 bridgehead atoms. The van der Waals surface area contributed by atoms with E-state index in [1.807, 2.05) is 18.2 Å². The fourth-order valence-corrected chi connectivity index (χ4v) is 2.02. The van der Waals surface area contributed by atoms with Gasteiger partial charge in [0.2, 0.25) is 0 Å². The van der Waals surface area contributed by atoms with Crippen molar-refractivity contribution < 1.29 is 5.11 Å². The Hall–Kier alpha value is -1.50. The molecule has 0 fully saturated rings. The summed E-state index contributed by atoms with van der Waals surface area (Å²) in [6, 6.07) is 7.26. The SMILES string of the molecule is C=C[C@@](C)(C=Cc1ccc(O)cc1)CCCC(C)C. The molecule has 0 aliphatic heterocycles. The van der Waals surface area contributed by atoms with Crippen molar-refractivity contribution in [2.45, 2.75) is 40.0 Å². The van der Waals surface area contributed by atoms with Crippen molar-refractivity contribution in [1.82, 2.24) is 0 Å².